The van der Waals surface area contributed by atoms with Crippen molar-refractivity contribution in [2.24, 2.45) is 0 Å². The van der Waals surface area contributed by atoms with Crippen LogP contribution in [0.25, 0.3) is 0 Å². The van der Waals surface area contributed by atoms with E-state index in [4.69, 9.17) is 0 Å². The fourth-order valence-electron chi connectivity index (χ4n) is 4.68. The SMILES string of the molecule is Brc1ccc(N2CCN(CCCn3nnnc3C(c3ccccc3)c3ccccc3)CC2)cc1. The molecule has 0 bridgehead atoms. The Morgan fingerprint density at radius 1 is 0.735 bits per heavy atom. The van der Waals surface area contributed by atoms with E-state index in [2.05, 4.69) is 114 Å². The van der Waals surface area contributed by atoms with Gasteiger partial charge in [0, 0.05) is 49.4 Å². The standard InChI is InChI=1S/C27H29BrN6/c28-24-12-14-25(15-13-24)33-20-18-32(19-21-33)16-7-17-34-27(29-30-31-34)26(22-8-3-1-4-9-22)23-10-5-2-6-11-23/h1-6,8-15,26H,7,16-21H2. The molecule has 1 aliphatic rings. The number of piperazine rings is 1. The van der Waals surface area contributed by atoms with Crippen LogP contribution in [0, 0.1) is 0 Å². The highest BCUT2D eigenvalue weighted by molar-refractivity contribution is 9.10. The quantitative estimate of drug-likeness (QED) is 0.335. The van der Waals surface area contributed by atoms with E-state index in [0.717, 1.165) is 56.0 Å². The second-order valence-electron chi connectivity index (χ2n) is 8.67. The number of aromatic nitrogens is 4. The van der Waals surface area contributed by atoms with Crippen molar-refractivity contribution in [3.63, 3.8) is 0 Å². The molecule has 2 heterocycles. The summed E-state index contributed by atoms with van der Waals surface area (Å²) in [6.45, 7) is 6.13. The topological polar surface area (TPSA) is 50.1 Å². The first-order valence-electron chi connectivity index (χ1n) is 11.9. The summed E-state index contributed by atoms with van der Waals surface area (Å²) >= 11 is 3.52. The van der Waals surface area contributed by atoms with Crippen LogP contribution in [0.4, 0.5) is 5.69 Å². The smallest absolute Gasteiger partial charge is 0.163 e. The highest BCUT2D eigenvalue weighted by Crippen LogP contribution is 2.30. The molecule has 5 rings (SSSR count). The number of anilines is 1. The zero-order chi connectivity index (χ0) is 23.2. The number of benzene rings is 3. The minimum Gasteiger partial charge on any atom is -0.369 e. The van der Waals surface area contributed by atoms with Gasteiger partial charge in [0.25, 0.3) is 0 Å². The van der Waals surface area contributed by atoms with E-state index in [9.17, 15) is 0 Å². The molecule has 1 aromatic heterocycles. The molecule has 7 heteroatoms. The van der Waals surface area contributed by atoms with Gasteiger partial charge in [0.1, 0.15) is 0 Å². The maximum atomic E-state index is 4.46. The van der Waals surface area contributed by atoms with Crippen molar-refractivity contribution in [2.45, 2.75) is 18.9 Å². The van der Waals surface area contributed by atoms with Gasteiger partial charge in [-0.15, -0.1) is 5.10 Å². The van der Waals surface area contributed by atoms with Crippen LogP contribution in [-0.2, 0) is 6.54 Å². The zero-order valence-electron chi connectivity index (χ0n) is 19.2. The lowest BCUT2D eigenvalue weighted by Crippen LogP contribution is -2.46. The molecule has 1 aliphatic heterocycles. The first-order valence-corrected chi connectivity index (χ1v) is 12.7. The summed E-state index contributed by atoms with van der Waals surface area (Å²) in [5.74, 6) is 0.921. The van der Waals surface area contributed by atoms with Crippen molar-refractivity contribution in [2.75, 3.05) is 37.6 Å². The normalized spacial score (nSPS) is 14.6. The van der Waals surface area contributed by atoms with Gasteiger partial charge < -0.3 is 4.90 Å². The Bertz CT molecular complexity index is 1120. The van der Waals surface area contributed by atoms with Crippen molar-refractivity contribution in [1.82, 2.24) is 25.1 Å². The lowest BCUT2D eigenvalue weighted by Gasteiger charge is -2.36. The summed E-state index contributed by atoms with van der Waals surface area (Å²) in [5.41, 5.74) is 3.71. The predicted octanol–water partition coefficient (Wildman–Crippen LogP) is 4.83. The summed E-state index contributed by atoms with van der Waals surface area (Å²) in [5, 5.41) is 12.9. The molecule has 0 spiro atoms. The van der Waals surface area contributed by atoms with Gasteiger partial charge in [-0.05, 0) is 52.2 Å². The average molecular weight is 517 g/mol. The number of aryl methyl sites for hydroxylation is 1. The van der Waals surface area contributed by atoms with Gasteiger partial charge in [-0.25, -0.2) is 4.68 Å². The zero-order valence-corrected chi connectivity index (χ0v) is 20.8. The van der Waals surface area contributed by atoms with Crippen molar-refractivity contribution in [1.29, 1.82) is 0 Å². The van der Waals surface area contributed by atoms with Crippen LogP contribution in [0.5, 0.6) is 0 Å². The third kappa shape index (κ3) is 5.37. The molecule has 174 valence electrons. The molecule has 4 aromatic rings. The predicted molar refractivity (Wildman–Crippen MR) is 139 cm³/mol. The fourth-order valence-corrected chi connectivity index (χ4v) is 4.95. The Morgan fingerprint density at radius 3 is 1.97 bits per heavy atom. The molecule has 6 nitrogen and oxygen atoms in total. The highest BCUT2D eigenvalue weighted by atomic mass is 79.9. The number of halogens is 1. The first-order chi connectivity index (χ1) is 16.8. The molecule has 3 aromatic carbocycles. The maximum Gasteiger partial charge on any atom is 0.163 e. The van der Waals surface area contributed by atoms with E-state index in [0.29, 0.717) is 0 Å². The molecular weight excluding hydrogens is 488 g/mol. The van der Waals surface area contributed by atoms with Gasteiger partial charge in [-0.2, -0.15) is 0 Å². The largest absolute Gasteiger partial charge is 0.369 e. The van der Waals surface area contributed by atoms with Crippen molar-refractivity contribution in [3.05, 3.63) is 106 Å². The minimum atomic E-state index is 0.0202. The second kappa shape index (κ2) is 10.9. The highest BCUT2D eigenvalue weighted by Gasteiger charge is 2.23. The van der Waals surface area contributed by atoms with E-state index >= 15 is 0 Å². The van der Waals surface area contributed by atoms with Crippen LogP contribution in [0.3, 0.4) is 0 Å². The summed E-state index contributed by atoms with van der Waals surface area (Å²) in [4.78, 5) is 5.01. The van der Waals surface area contributed by atoms with Crippen molar-refractivity contribution in [3.8, 4) is 0 Å². The van der Waals surface area contributed by atoms with Gasteiger partial charge in [0.2, 0.25) is 0 Å². The Morgan fingerprint density at radius 2 is 1.35 bits per heavy atom. The monoisotopic (exact) mass is 516 g/mol. The minimum absolute atomic E-state index is 0.0202. The molecule has 0 radical (unpaired) electrons. The van der Waals surface area contributed by atoms with Gasteiger partial charge in [-0.3, -0.25) is 4.90 Å². The van der Waals surface area contributed by atoms with Gasteiger partial charge in [0.15, 0.2) is 5.82 Å². The molecule has 0 aliphatic carbocycles. The Hall–Kier alpha value is -3.03. The van der Waals surface area contributed by atoms with Crippen LogP contribution >= 0.6 is 15.9 Å². The average Bonchev–Trinajstić information content (AvgIpc) is 3.34. The van der Waals surface area contributed by atoms with E-state index < -0.39 is 0 Å². The Balaban J connectivity index is 1.21. The summed E-state index contributed by atoms with van der Waals surface area (Å²) in [6, 6.07) is 29.6. The second-order valence-corrected chi connectivity index (χ2v) is 9.59. The summed E-state index contributed by atoms with van der Waals surface area (Å²) in [6.07, 6.45) is 1.02. The van der Waals surface area contributed by atoms with Crippen LogP contribution in [0.15, 0.2) is 89.4 Å². The molecule has 34 heavy (non-hydrogen) atoms. The van der Waals surface area contributed by atoms with Gasteiger partial charge in [-0.1, -0.05) is 76.6 Å². The molecule has 0 saturated carbocycles. The molecule has 1 fully saturated rings. The van der Waals surface area contributed by atoms with E-state index in [1.54, 1.807) is 0 Å². The van der Waals surface area contributed by atoms with Crippen LogP contribution in [0.2, 0.25) is 0 Å². The fraction of sp³-hybridized carbons (Fsp3) is 0.296. The van der Waals surface area contributed by atoms with Gasteiger partial charge in [0.05, 0.1) is 5.92 Å². The number of hydrogen-bond donors (Lipinski definition) is 0. The van der Waals surface area contributed by atoms with E-state index in [1.165, 1.54) is 16.8 Å². The lowest BCUT2D eigenvalue weighted by molar-refractivity contribution is 0.248. The van der Waals surface area contributed by atoms with Crippen LogP contribution in [-0.4, -0.2) is 57.8 Å². The van der Waals surface area contributed by atoms with Crippen LogP contribution in [0.1, 0.15) is 29.3 Å². The summed E-state index contributed by atoms with van der Waals surface area (Å²) in [7, 11) is 0. The van der Waals surface area contributed by atoms with Crippen molar-refractivity contribution >= 4 is 21.6 Å². The maximum absolute atomic E-state index is 4.46. The third-order valence-corrected chi connectivity index (χ3v) is 7.02. The van der Waals surface area contributed by atoms with E-state index in [-0.39, 0.29) is 5.92 Å². The molecule has 0 amide bonds. The molecule has 1 saturated heterocycles. The third-order valence-electron chi connectivity index (χ3n) is 6.49. The molecule has 0 unspecified atom stereocenters. The lowest BCUT2D eigenvalue weighted by atomic mass is 9.90. The number of rotatable bonds is 8. The number of hydrogen-bond acceptors (Lipinski definition) is 5. The Labute approximate surface area is 209 Å². The van der Waals surface area contributed by atoms with Gasteiger partial charge >= 0.3 is 0 Å². The number of tetrazole rings is 1. The summed E-state index contributed by atoms with van der Waals surface area (Å²) < 4.78 is 3.11. The van der Waals surface area contributed by atoms with Crippen molar-refractivity contribution < 1.29 is 0 Å². The first kappa shape index (κ1) is 22.7. The molecular formula is C27H29BrN6. The van der Waals surface area contributed by atoms with Crippen LogP contribution < -0.4 is 4.90 Å². The number of nitrogens with zero attached hydrogens (tertiary/aromatic N) is 6. The van der Waals surface area contributed by atoms with E-state index in [1.807, 2.05) is 16.8 Å². The molecule has 0 atom stereocenters. The molecule has 0 N–H and O–H groups in total. The Kier molecular flexibility index (Phi) is 7.31.